The average Bonchev–Trinajstić information content (AvgIpc) is 3.29. The first-order valence-corrected chi connectivity index (χ1v) is 10.7. The molecule has 0 aliphatic carbocycles. The van der Waals surface area contributed by atoms with Crippen LogP contribution in [-0.2, 0) is 11.3 Å². The Hall–Kier alpha value is -2.87. The van der Waals surface area contributed by atoms with Crippen LogP contribution in [0.1, 0.15) is 37.5 Å². The van der Waals surface area contributed by atoms with Gasteiger partial charge < -0.3 is 20.1 Å². The summed E-state index contributed by atoms with van der Waals surface area (Å²) in [5, 5.41) is 9.59. The topological polar surface area (TPSA) is 79.3 Å². The van der Waals surface area contributed by atoms with Gasteiger partial charge in [-0.3, -0.25) is 4.79 Å². The fourth-order valence-electron chi connectivity index (χ4n) is 3.23. The smallest absolute Gasteiger partial charge is 0.319 e. The molecule has 0 radical (unpaired) electrons. The number of amides is 3. The molecule has 0 bridgehead atoms. The van der Waals surface area contributed by atoms with Gasteiger partial charge in [0.15, 0.2) is 0 Å². The van der Waals surface area contributed by atoms with Crippen LogP contribution in [0.4, 0.5) is 10.5 Å². The number of aryl methyl sites for hydroxylation is 1. The van der Waals surface area contributed by atoms with E-state index in [0.717, 1.165) is 21.6 Å². The minimum atomic E-state index is -0.277. The van der Waals surface area contributed by atoms with Gasteiger partial charge in [0.05, 0.1) is 6.04 Å². The van der Waals surface area contributed by atoms with Crippen molar-refractivity contribution in [2.75, 3.05) is 18.4 Å². The van der Waals surface area contributed by atoms with E-state index < -0.39 is 0 Å². The molecule has 0 saturated carbocycles. The number of hydrogen-bond acceptors (Lipinski definition) is 4. The molecule has 1 unspecified atom stereocenters. The summed E-state index contributed by atoms with van der Waals surface area (Å²) in [7, 11) is 0. The number of urea groups is 1. The summed E-state index contributed by atoms with van der Waals surface area (Å²) < 4.78 is 1.94. The van der Waals surface area contributed by atoms with E-state index in [9.17, 15) is 9.59 Å². The molecular weight excluding hydrogens is 386 g/mol. The Balaban J connectivity index is 1.65. The zero-order valence-electron chi connectivity index (χ0n) is 17.2. The molecule has 0 fully saturated rings. The quantitative estimate of drug-likeness (QED) is 0.610. The van der Waals surface area contributed by atoms with Gasteiger partial charge in [0.25, 0.3) is 0 Å². The maximum absolute atomic E-state index is 12.4. The third kappa shape index (κ3) is 4.95. The third-order valence-corrected chi connectivity index (χ3v) is 5.95. The van der Waals surface area contributed by atoms with Gasteiger partial charge >= 0.3 is 6.03 Å². The first-order valence-electron chi connectivity index (χ1n) is 9.77. The van der Waals surface area contributed by atoms with Crippen LogP contribution in [-0.4, -0.2) is 39.5 Å². The van der Waals surface area contributed by atoms with Gasteiger partial charge in [-0.25, -0.2) is 9.78 Å². The maximum atomic E-state index is 12.4. The Morgan fingerprint density at radius 2 is 2.00 bits per heavy atom. The summed E-state index contributed by atoms with van der Waals surface area (Å²) in [6.45, 7) is 9.53. The van der Waals surface area contributed by atoms with Gasteiger partial charge in [-0.05, 0) is 52.0 Å². The Bertz CT molecular complexity index is 1010. The van der Waals surface area contributed by atoms with Crippen LogP contribution in [0.15, 0.2) is 35.8 Å². The van der Waals surface area contributed by atoms with Crippen LogP contribution in [0, 0.1) is 6.92 Å². The molecule has 1 atom stereocenters. The van der Waals surface area contributed by atoms with Crippen LogP contribution in [0.25, 0.3) is 10.9 Å². The van der Waals surface area contributed by atoms with Crippen molar-refractivity contribution in [2.24, 2.45) is 0 Å². The molecule has 3 amide bonds. The normalized spacial score (nSPS) is 12.0. The lowest BCUT2D eigenvalue weighted by Crippen LogP contribution is -2.33. The van der Waals surface area contributed by atoms with E-state index in [1.165, 1.54) is 11.3 Å². The number of aromatic nitrogens is 2. The Labute approximate surface area is 174 Å². The maximum Gasteiger partial charge on any atom is 0.319 e. The highest BCUT2D eigenvalue weighted by molar-refractivity contribution is 7.09. The minimum Gasteiger partial charge on any atom is -0.342 e. The number of anilines is 1. The van der Waals surface area contributed by atoms with Crippen molar-refractivity contribution in [3.63, 3.8) is 0 Å². The van der Waals surface area contributed by atoms with E-state index in [-0.39, 0.29) is 18.0 Å². The molecule has 154 valence electrons. The van der Waals surface area contributed by atoms with Crippen LogP contribution in [0.3, 0.4) is 0 Å². The summed E-state index contributed by atoms with van der Waals surface area (Å²) in [5.74, 6) is 0.0977. The van der Waals surface area contributed by atoms with Crippen LogP contribution in [0.5, 0.6) is 0 Å². The molecule has 8 heteroatoms. The van der Waals surface area contributed by atoms with Crippen LogP contribution >= 0.6 is 11.3 Å². The molecule has 1 aromatic carbocycles. The molecule has 0 aliphatic heterocycles. The van der Waals surface area contributed by atoms with E-state index in [1.807, 2.05) is 73.0 Å². The number of likely N-dealkylation sites (N-methyl/N-ethyl adjacent to an activating group) is 1. The van der Waals surface area contributed by atoms with Gasteiger partial charge in [0.2, 0.25) is 5.91 Å². The fourth-order valence-corrected chi connectivity index (χ4v) is 4.04. The highest BCUT2D eigenvalue weighted by Crippen LogP contribution is 2.22. The molecule has 0 spiro atoms. The SMILES string of the molecule is CCN(CC)C(=O)Cn1ccc2cc(NC(=O)NC(C)c3nc(C)cs3)ccc21. The summed E-state index contributed by atoms with van der Waals surface area (Å²) in [4.78, 5) is 30.9. The van der Waals surface area contributed by atoms with Crippen molar-refractivity contribution in [1.82, 2.24) is 19.8 Å². The van der Waals surface area contributed by atoms with Gasteiger partial charge in [0.1, 0.15) is 11.6 Å². The van der Waals surface area contributed by atoms with E-state index >= 15 is 0 Å². The lowest BCUT2D eigenvalue weighted by Gasteiger charge is -2.19. The predicted octanol–water partition coefficient (Wildman–Crippen LogP) is 4.16. The van der Waals surface area contributed by atoms with Crippen molar-refractivity contribution in [3.05, 3.63) is 46.5 Å². The predicted molar refractivity (Wildman–Crippen MR) is 117 cm³/mol. The Morgan fingerprint density at radius 1 is 1.24 bits per heavy atom. The Kier molecular flexibility index (Phi) is 6.53. The average molecular weight is 414 g/mol. The number of nitrogens with zero attached hydrogens (tertiary/aromatic N) is 3. The molecule has 2 aromatic heterocycles. The largest absolute Gasteiger partial charge is 0.342 e. The molecule has 3 rings (SSSR count). The fraction of sp³-hybridized carbons (Fsp3) is 0.381. The number of carbonyl (C=O) groups excluding carboxylic acids is 2. The molecule has 2 heterocycles. The second-order valence-corrected chi connectivity index (χ2v) is 7.82. The third-order valence-electron chi connectivity index (χ3n) is 4.81. The first-order chi connectivity index (χ1) is 13.9. The number of hydrogen-bond donors (Lipinski definition) is 2. The van der Waals surface area contributed by atoms with Crippen molar-refractivity contribution in [3.8, 4) is 0 Å². The molecule has 7 nitrogen and oxygen atoms in total. The van der Waals surface area contributed by atoms with Gasteiger partial charge in [-0.15, -0.1) is 11.3 Å². The summed E-state index contributed by atoms with van der Waals surface area (Å²) >= 11 is 1.53. The molecular formula is C21H27N5O2S. The second-order valence-electron chi connectivity index (χ2n) is 6.93. The monoisotopic (exact) mass is 413 g/mol. The van der Waals surface area contributed by atoms with Gasteiger partial charge in [0, 0.05) is 47.0 Å². The number of thiazole rings is 1. The number of carbonyl (C=O) groups is 2. The summed E-state index contributed by atoms with van der Waals surface area (Å²) in [5.41, 5.74) is 2.61. The molecule has 29 heavy (non-hydrogen) atoms. The number of nitrogens with one attached hydrogen (secondary N) is 2. The Morgan fingerprint density at radius 3 is 2.66 bits per heavy atom. The lowest BCUT2D eigenvalue weighted by molar-refractivity contribution is -0.131. The zero-order chi connectivity index (χ0) is 21.0. The summed E-state index contributed by atoms with van der Waals surface area (Å²) in [6, 6.07) is 7.19. The zero-order valence-corrected chi connectivity index (χ0v) is 18.0. The van der Waals surface area contributed by atoms with E-state index in [1.54, 1.807) is 0 Å². The number of rotatable bonds is 7. The first kappa shape index (κ1) is 20.9. The molecule has 0 saturated heterocycles. The number of benzene rings is 1. The van der Waals surface area contributed by atoms with Crippen molar-refractivity contribution in [1.29, 1.82) is 0 Å². The second kappa shape index (κ2) is 9.09. The lowest BCUT2D eigenvalue weighted by atomic mass is 10.2. The van der Waals surface area contributed by atoms with Crippen LogP contribution in [0.2, 0.25) is 0 Å². The van der Waals surface area contributed by atoms with Crippen LogP contribution < -0.4 is 10.6 Å². The molecule has 0 aliphatic rings. The molecule has 2 N–H and O–H groups in total. The van der Waals surface area contributed by atoms with E-state index in [2.05, 4.69) is 15.6 Å². The number of fused-ring (bicyclic) bond motifs is 1. The van der Waals surface area contributed by atoms with E-state index in [0.29, 0.717) is 25.3 Å². The van der Waals surface area contributed by atoms with Gasteiger partial charge in [-0.1, -0.05) is 0 Å². The summed E-state index contributed by atoms with van der Waals surface area (Å²) in [6.07, 6.45) is 1.91. The molecule has 3 aromatic rings. The van der Waals surface area contributed by atoms with Crippen molar-refractivity contribution >= 4 is 39.9 Å². The highest BCUT2D eigenvalue weighted by atomic mass is 32.1. The van der Waals surface area contributed by atoms with Crippen molar-refractivity contribution in [2.45, 2.75) is 40.3 Å². The minimum absolute atomic E-state index is 0.0977. The van der Waals surface area contributed by atoms with Gasteiger partial charge in [-0.2, -0.15) is 0 Å². The standard InChI is InChI=1S/C21H27N5O2S/c1-5-25(6-2)19(27)12-26-10-9-16-11-17(7-8-18(16)26)24-21(28)23-15(4)20-22-14(3)13-29-20/h7-11,13,15H,5-6,12H2,1-4H3,(H2,23,24,28). The van der Waals surface area contributed by atoms with Crippen molar-refractivity contribution < 1.29 is 9.59 Å². The van der Waals surface area contributed by atoms with E-state index in [4.69, 9.17) is 0 Å². The highest BCUT2D eigenvalue weighted by Gasteiger charge is 2.14.